The minimum atomic E-state index is -0.585. The summed E-state index contributed by atoms with van der Waals surface area (Å²) in [7, 11) is 3.18. The van der Waals surface area contributed by atoms with Crippen molar-refractivity contribution in [3.8, 4) is 5.75 Å². The summed E-state index contributed by atoms with van der Waals surface area (Å²) < 4.78 is 11.5. The summed E-state index contributed by atoms with van der Waals surface area (Å²) in [6.45, 7) is 1.08. The van der Waals surface area contributed by atoms with Gasteiger partial charge in [0.05, 0.1) is 6.54 Å². The van der Waals surface area contributed by atoms with E-state index >= 15 is 0 Å². The highest BCUT2D eigenvalue weighted by atomic mass is 79.9. The second-order valence-electron chi connectivity index (χ2n) is 4.02. The quantitative estimate of drug-likeness (QED) is 0.817. The van der Waals surface area contributed by atoms with Crippen molar-refractivity contribution in [3.63, 3.8) is 0 Å². The van der Waals surface area contributed by atoms with E-state index < -0.39 is 6.10 Å². The summed E-state index contributed by atoms with van der Waals surface area (Å²) in [6.07, 6.45) is -0.585. The number of methoxy groups -OCH3 is 1. The van der Waals surface area contributed by atoms with Crippen LogP contribution in [0.1, 0.15) is 0 Å². The third-order valence-electron chi connectivity index (χ3n) is 2.66. The number of rotatable bonds is 7. The Morgan fingerprint density at radius 2 is 2.05 bits per heavy atom. The third-order valence-corrected chi connectivity index (χ3v) is 3.19. The van der Waals surface area contributed by atoms with Gasteiger partial charge in [-0.05, 0) is 24.3 Å². The van der Waals surface area contributed by atoms with E-state index in [4.69, 9.17) is 15.2 Å². The Kier molecular flexibility index (Phi) is 6.83. The molecule has 0 aliphatic carbocycles. The molecule has 1 amide bonds. The Bertz CT molecular complexity index is 393. The molecule has 0 fully saturated rings. The molecule has 106 valence electrons. The van der Waals surface area contributed by atoms with Gasteiger partial charge in [0.25, 0.3) is 5.91 Å². The zero-order valence-corrected chi connectivity index (χ0v) is 12.7. The van der Waals surface area contributed by atoms with Crippen molar-refractivity contribution in [1.29, 1.82) is 0 Å². The van der Waals surface area contributed by atoms with E-state index in [0.717, 1.165) is 10.2 Å². The summed E-state index contributed by atoms with van der Waals surface area (Å²) in [5.74, 6) is 0.635. The summed E-state index contributed by atoms with van der Waals surface area (Å²) in [4.78, 5) is 13.4. The summed E-state index contributed by atoms with van der Waals surface area (Å²) in [5, 5.41) is 0. The van der Waals surface area contributed by atoms with Gasteiger partial charge >= 0.3 is 0 Å². The summed E-state index contributed by atoms with van der Waals surface area (Å²) >= 11 is 3.35. The Balaban J connectivity index is 2.36. The van der Waals surface area contributed by atoms with Gasteiger partial charge in [-0.25, -0.2) is 0 Å². The number of nitrogens with two attached hydrogens (primary N) is 1. The molecule has 0 heterocycles. The van der Waals surface area contributed by atoms with Gasteiger partial charge in [-0.3, -0.25) is 4.79 Å². The lowest BCUT2D eigenvalue weighted by atomic mass is 10.3. The summed E-state index contributed by atoms with van der Waals surface area (Å²) in [6, 6.07) is 7.53. The molecule has 0 aliphatic heterocycles. The largest absolute Gasteiger partial charge is 0.492 e. The number of likely N-dealkylation sites (N-methyl/N-ethyl adjacent to an activating group) is 1. The van der Waals surface area contributed by atoms with Crippen LogP contribution >= 0.6 is 15.9 Å². The minimum Gasteiger partial charge on any atom is -0.492 e. The number of carbonyl (C=O) groups excluding carboxylic acids is 1. The number of nitrogens with zero attached hydrogens (tertiary/aromatic N) is 1. The molecule has 6 heteroatoms. The molecule has 1 aromatic rings. The van der Waals surface area contributed by atoms with Crippen LogP contribution in [0.25, 0.3) is 0 Å². The molecular weight excluding hydrogens is 312 g/mol. The van der Waals surface area contributed by atoms with E-state index in [-0.39, 0.29) is 12.5 Å². The van der Waals surface area contributed by atoms with Crippen molar-refractivity contribution in [2.75, 3.05) is 33.9 Å². The number of ether oxygens (including phenoxy) is 2. The number of amides is 1. The van der Waals surface area contributed by atoms with Gasteiger partial charge in [-0.15, -0.1) is 0 Å². The van der Waals surface area contributed by atoms with E-state index in [9.17, 15) is 4.79 Å². The van der Waals surface area contributed by atoms with Gasteiger partial charge in [-0.1, -0.05) is 15.9 Å². The maximum absolute atomic E-state index is 11.9. The van der Waals surface area contributed by atoms with Crippen molar-refractivity contribution in [3.05, 3.63) is 28.7 Å². The maximum Gasteiger partial charge on any atom is 0.252 e. The van der Waals surface area contributed by atoms with E-state index in [1.807, 2.05) is 24.3 Å². The highest BCUT2D eigenvalue weighted by molar-refractivity contribution is 9.10. The van der Waals surface area contributed by atoms with Crippen molar-refractivity contribution in [2.24, 2.45) is 5.73 Å². The Morgan fingerprint density at radius 3 is 2.58 bits per heavy atom. The average Bonchev–Trinajstić information content (AvgIpc) is 2.42. The number of hydrogen-bond donors (Lipinski definition) is 1. The standard InChI is InChI=1S/C13H19BrN2O3/c1-16(13(17)12(9-15)18-2)7-8-19-11-5-3-10(14)4-6-11/h3-6,12H,7-9,15H2,1-2H3. The number of carbonyl (C=O) groups is 1. The van der Waals surface area contributed by atoms with E-state index in [0.29, 0.717) is 13.2 Å². The lowest BCUT2D eigenvalue weighted by Gasteiger charge is -2.22. The molecule has 0 saturated heterocycles. The van der Waals surface area contributed by atoms with Gasteiger partial charge in [0.2, 0.25) is 0 Å². The van der Waals surface area contributed by atoms with Crippen molar-refractivity contribution < 1.29 is 14.3 Å². The summed E-state index contributed by atoms with van der Waals surface area (Å²) in [5.41, 5.74) is 5.45. The Labute approximate surface area is 121 Å². The average molecular weight is 331 g/mol. The molecule has 2 N–H and O–H groups in total. The SMILES string of the molecule is COC(CN)C(=O)N(C)CCOc1ccc(Br)cc1. The second kappa shape index (κ2) is 8.14. The number of benzene rings is 1. The molecule has 0 bridgehead atoms. The van der Waals surface area contributed by atoms with E-state index in [1.165, 1.54) is 7.11 Å². The first-order valence-corrected chi connectivity index (χ1v) is 6.74. The smallest absolute Gasteiger partial charge is 0.252 e. The minimum absolute atomic E-state index is 0.135. The molecule has 1 atom stereocenters. The molecular formula is C13H19BrN2O3. The second-order valence-corrected chi connectivity index (χ2v) is 4.94. The molecule has 5 nitrogen and oxygen atoms in total. The van der Waals surface area contributed by atoms with Crippen molar-refractivity contribution >= 4 is 21.8 Å². The molecule has 19 heavy (non-hydrogen) atoms. The van der Waals surface area contributed by atoms with Crippen molar-refractivity contribution in [1.82, 2.24) is 4.90 Å². The lowest BCUT2D eigenvalue weighted by Crippen LogP contribution is -2.43. The Morgan fingerprint density at radius 1 is 1.42 bits per heavy atom. The van der Waals surface area contributed by atoms with Crippen LogP contribution in [-0.4, -0.2) is 50.8 Å². The normalized spacial score (nSPS) is 12.0. The van der Waals surface area contributed by atoms with Crippen LogP contribution in [0.5, 0.6) is 5.75 Å². The van der Waals surface area contributed by atoms with Crippen molar-refractivity contribution in [2.45, 2.75) is 6.10 Å². The molecule has 0 radical (unpaired) electrons. The molecule has 1 rings (SSSR count). The number of hydrogen-bond acceptors (Lipinski definition) is 4. The zero-order valence-electron chi connectivity index (χ0n) is 11.1. The van der Waals surface area contributed by atoms with E-state index in [1.54, 1.807) is 11.9 Å². The highest BCUT2D eigenvalue weighted by Gasteiger charge is 2.19. The van der Waals surface area contributed by atoms with Crippen LogP contribution in [0.2, 0.25) is 0 Å². The monoisotopic (exact) mass is 330 g/mol. The van der Waals surface area contributed by atoms with E-state index in [2.05, 4.69) is 15.9 Å². The number of halogens is 1. The molecule has 0 aliphatic rings. The topological polar surface area (TPSA) is 64.8 Å². The van der Waals surface area contributed by atoms with Crippen LogP contribution in [0, 0.1) is 0 Å². The van der Waals surface area contributed by atoms with Crippen LogP contribution in [0.15, 0.2) is 28.7 Å². The molecule has 0 spiro atoms. The highest BCUT2D eigenvalue weighted by Crippen LogP contribution is 2.15. The van der Waals surface area contributed by atoms with Crippen LogP contribution in [0.4, 0.5) is 0 Å². The fourth-order valence-corrected chi connectivity index (χ4v) is 1.75. The van der Waals surface area contributed by atoms with Gasteiger partial charge in [-0.2, -0.15) is 0 Å². The lowest BCUT2D eigenvalue weighted by molar-refractivity contribution is -0.140. The van der Waals surface area contributed by atoms with Gasteiger partial charge < -0.3 is 20.1 Å². The van der Waals surface area contributed by atoms with Crippen LogP contribution < -0.4 is 10.5 Å². The third kappa shape index (κ3) is 5.18. The molecule has 1 unspecified atom stereocenters. The fraction of sp³-hybridized carbons (Fsp3) is 0.462. The van der Waals surface area contributed by atoms with Gasteiger partial charge in [0.15, 0.2) is 0 Å². The predicted molar refractivity (Wildman–Crippen MR) is 77.1 cm³/mol. The zero-order chi connectivity index (χ0) is 14.3. The fourth-order valence-electron chi connectivity index (χ4n) is 1.49. The van der Waals surface area contributed by atoms with Gasteiger partial charge in [0, 0.05) is 25.2 Å². The Hall–Kier alpha value is -1.11. The first kappa shape index (κ1) is 15.9. The first-order valence-electron chi connectivity index (χ1n) is 5.94. The first-order chi connectivity index (χ1) is 9.08. The van der Waals surface area contributed by atoms with Gasteiger partial charge in [0.1, 0.15) is 18.5 Å². The molecule has 0 aromatic heterocycles. The molecule has 1 aromatic carbocycles. The maximum atomic E-state index is 11.9. The molecule has 0 saturated carbocycles. The van der Waals surface area contributed by atoms with Crippen LogP contribution in [-0.2, 0) is 9.53 Å². The van der Waals surface area contributed by atoms with Crippen LogP contribution in [0.3, 0.4) is 0 Å². The predicted octanol–water partition coefficient (Wildman–Crippen LogP) is 1.26.